The molecule has 2 N–H and O–H groups in total. The average molecular weight is 314 g/mol. The van der Waals surface area contributed by atoms with Crippen LogP contribution in [0.15, 0.2) is 23.1 Å². The lowest BCUT2D eigenvalue weighted by Crippen LogP contribution is -2.41. The van der Waals surface area contributed by atoms with Gasteiger partial charge in [0.1, 0.15) is 10.6 Å². The summed E-state index contributed by atoms with van der Waals surface area (Å²) in [4.78, 5) is 0.156. The zero-order valence-corrected chi connectivity index (χ0v) is 13.4. The molecule has 6 nitrogen and oxygen atoms in total. The van der Waals surface area contributed by atoms with Crippen molar-refractivity contribution < 1.29 is 17.9 Å². The van der Waals surface area contributed by atoms with Gasteiger partial charge in [-0.3, -0.25) is 0 Å². The van der Waals surface area contributed by atoms with E-state index in [1.165, 1.54) is 11.4 Å². The lowest BCUT2D eigenvalue weighted by Gasteiger charge is -2.26. The molecule has 7 heteroatoms. The minimum Gasteiger partial charge on any atom is -0.495 e. The van der Waals surface area contributed by atoms with E-state index in [0.717, 1.165) is 5.56 Å². The van der Waals surface area contributed by atoms with Gasteiger partial charge in [0.25, 0.3) is 0 Å². The Kier molecular flexibility index (Phi) is 4.88. The third-order valence-corrected chi connectivity index (χ3v) is 5.85. The van der Waals surface area contributed by atoms with E-state index < -0.39 is 10.0 Å². The minimum absolute atomic E-state index is 0.112. The number of nitrogens with two attached hydrogens (primary N) is 1. The molecular weight excluding hydrogens is 292 g/mol. The maximum Gasteiger partial charge on any atom is 0.246 e. The van der Waals surface area contributed by atoms with Crippen molar-refractivity contribution >= 4 is 10.0 Å². The first-order valence-electron chi connectivity index (χ1n) is 6.88. The van der Waals surface area contributed by atoms with Gasteiger partial charge in [-0.05, 0) is 31.0 Å². The van der Waals surface area contributed by atoms with Crippen molar-refractivity contribution in [3.05, 3.63) is 23.8 Å². The molecule has 118 valence electrons. The van der Waals surface area contributed by atoms with Crippen LogP contribution in [0.1, 0.15) is 18.9 Å². The maximum atomic E-state index is 12.8. The molecule has 2 unspecified atom stereocenters. The summed E-state index contributed by atoms with van der Waals surface area (Å²) < 4.78 is 37.7. The standard InChI is InChI=1S/C14H22N2O4S/c1-10-12(6-7-20-10)16(2)21(17,18)14-5-4-11(9-15)8-13(14)19-3/h4-5,8,10,12H,6-7,9,15H2,1-3H3. The van der Waals surface area contributed by atoms with Gasteiger partial charge in [-0.25, -0.2) is 8.42 Å². The van der Waals surface area contributed by atoms with Crippen molar-refractivity contribution in [3.8, 4) is 5.75 Å². The zero-order valence-electron chi connectivity index (χ0n) is 12.6. The third-order valence-electron chi connectivity index (χ3n) is 3.92. The van der Waals surface area contributed by atoms with Crippen LogP contribution in [0.4, 0.5) is 0 Å². The Morgan fingerprint density at radius 3 is 2.71 bits per heavy atom. The summed E-state index contributed by atoms with van der Waals surface area (Å²) in [5, 5.41) is 0. The largest absolute Gasteiger partial charge is 0.495 e. The lowest BCUT2D eigenvalue weighted by atomic mass is 10.2. The molecule has 2 atom stereocenters. The molecule has 0 bridgehead atoms. The van der Waals surface area contributed by atoms with E-state index in [2.05, 4.69) is 0 Å². The predicted octanol–water partition coefficient (Wildman–Crippen LogP) is 0.952. The highest BCUT2D eigenvalue weighted by Crippen LogP contribution is 2.30. The van der Waals surface area contributed by atoms with Crippen LogP contribution in [-0.2, 0) is 21.3 Å². The molecule has 0 aromatic heterocycles. The Labute approximate surface area is 125 Å². The molecule has 0 aliphatic carbocycles. The van der Waals surface area contributed by atoms with Crippen LogP contribution >= 0.6 is 0 Å². The van der Waals surface area contributed by atoms with Crippen molar-refractivity contribution in [2.24, 2.45) is 5.73 Å². The topological polar surface area (TPSA) is 81.9 Å². The first kappa shape index (κ1) is 16.2. The maximum absolute atomic E-state index is 12.8. The molecule has 1 heterocycles. The number of hydrogen-bond acceptors (Lipinski definition) is 5. The summed E-state index contributed by atoms with van der Waals surface area (Å²) in [6.07, 6.45) is 0.583. The molecule has 0 amide bonds. The van der Waals surface area contributed by atoms with E-state index in [9.17, 15) is 8.42 Å². The fraction of sp³-hybridized carbons (Fsp3) is 0.571. The van der Waals surface area contributed by atoms with Crippen molar-refractivity contribution in [3.63, 3.8) is 0 Å². The van der Waals surface area contributed by atoms with E-state index in [1.807, 2.05) is 6.92 Å². The van der Waals surface area contributed by atoms with E-state index in [1.54, 1.807) is 25.2 Å². The van der Waals surface area contributed by atoms with Gasteiger partial charge in [0.15, 0.2) is 0 Å². The summed E-state index contributed by atoms with van der Waals surface area (Å²) in [6, 6.07) is 4.76. The summed E-state index contributed by atoms with van der Waals surface area (Å²) in [5.74, 6) is 0.316. The van der Waals surface area contributed by atoms with Crippen LogP contribution in [0.5, 0.6) is 5.75 Å². The van der Waals surface area contributed by atoms with Crippen LogP contribution in [-0.4, -0.2) is 45.6 Å². The second kappa shape index (κ2) is 6.31. The Hall–Kier alpha value is -1.15. The summed E-state index contributed by atoms with van der Waals surface area (Å²) in [7, 11) is -0.596. The van der Waals surface area contributed by atoms with Crippen LogP contribution in [0.3, 0.4) is 0 Å². The molecular formula is C14H22N2O4S. The molecule has 1 aromatic rings. The van der Waals surface area contributed by atoms with E-state index in [-0.39, 0.29) is 17.0 Å². The number of nitrogens with zero attached hydrogens (tertiary/aromatic N) is 1. The predicted molar refractivity (Wildman–Crippen MR) is 79.7 cm³/mol. The molecule has 1 aliphatic heterocycles. The summed E-state index contributed by atoms with van der Waals surface area (Å²) in [6.45, 7) is 2.80. The highest BCUT2D eigenvalue weighted by Gasteiger charge is 2.36. The number of hydrogen-bond donors (Lipinski definition) is 1. The number of likely N-dealkylation sites (N-methyl/N-ethyl adjacent to an activating group) is 1. The minimum atomic E-state index is -3.64. The van der Waals surface area contributed by atoms with Crippen molar-refractivity contribution in [1.82, 2.24) is 4.31 Å². The van der Waals surface area contributed by atoms with Crippen molar-refractivity contribution in [2.75, 3.05) is 20.8 Å². The molecule has 1 aliphatic rings. The SMILES string of the molecule is COc1cc(CN)ccc1S(=O)(=O)N(C)C1CCOC1C. The van der Waals surface area contributed by atoms with E-state index >= 15 is 0 Å². The van der Waals surface area contributed by atoms with Gasteiger partial charge in [-0.1, -0.05) is 6.07 Å². The zero-order chi connectivity index (χ0) is 15.6. The van der Waals surface area contributed by atoms with Crippen molar-refractivity contribution in [1.29, 1.82) is 0 Å². The van der Waals surface area contributed by atoms with Gasteiger partial charge in [0.2, 0.25) is 10.0 Å². The van der Waals surface area contributed by atoms with E-state index in [0.29, 0.717) is 25.3 Å². The Morgan fingerprint density at radius 1 is 1.48 bits per heavy atom. The molecule has 0 radical (unpaired) electrons. The molecule has 2 rings (SSSR count). The van der Waals surface area contributed by atoms with Crippen LogP contribution in [0.2, 0.25) is 0 Å². The van der Waals surface area contributed by atoms with Crippen LogP contribution in [0, 0.1) is 0 Å². The quantitative estimate of drug-likeness (QED) is 0.875. The van der Waals surface area contributed by atoms with Gasteiger partial charge in [0.05, 0.1) is 19.3 Å². The van der Waals surface area contributed by atoms with E-state index in [4.69, 9.17) is 15.2 Å². The third kappa shape index (κ3) is 3.06. The first-order valence-corrected chi connectivity index (χ1v) is 8.32. The number of benzene rings is 1. The number of sulfonamides is 1. The number of methoxy groups -OCH3 is 1. The fourth-order valence-corrected chi connectivity index (χ4v) is 4.16. The second-order valence-electron chi connectivity index (χ2n) is 5.14. The summed E-state index contributed by atoms with van der Waals surface area (Å²) in [5.41, 5.74) is 6.40. The summed E-state index contributed by atoms with van der Waals surface area (Å²) >= 11 is 0. The fourth-order valence-electron chi connectivity index (χ4n) is 2.58. The Bertz CT molecular complexity index is 603. The monoisotopic (exact) mass is 314 g/mol. The molecule has 1 aromatic carbocycles. The Balaban J connectivity index is 2.39. The van der Waals surface area contributed by atoms with Crippen LogP contribution < -0.4 is 10.5 Å². The highest BCUT2D eigenvalue weighted by molar-refractivity contribution is 7.89. The smallest absolute Gasteiger partial charge is 0.246 e. The van der Waals surface area contributed by atoms with Gasteiger partial charge >= 0.3 is 0 Å². The molecule has 0 spiro atoms. The lowest BCUT2D eigenvalue weighted by molar-refractivity contribution is 0.102. The normalized spacial score (nSPS) is 22.7. The van der Waals surface area contributed by atoms with Gasteiger partial charge in [-0.2, -0.15) is 4.31 Å². The van der Waals surface area contributed by atoms with Gasteiger partial charge in [-0.15, -0.1) is 0 Å². The second-order valence-corrected chi connectivity index (χ2v) is 7.11. The first-order chi connectivity index (χ1) is 9.91. The van der Waals surface area contributed by atoms with Gasteiger partial charge < -0.3 is 15.2 Å². The van der Waals surface area contributed by atoms with Crippen molar-refractivity contribution in [2.45, 2.75) is 36.9 Å². The molecule has 1 saturated heterocycles. The highest BCUT2D eigenvalue weighted by atomic mass is 32.2. The Morgan fingerprint density at radius 2 is 2.19 bits per heavy atom. The molecule has 21 heavy (non-hydrogen) atoms. The van der Waals surface area contributed by atoms with Gasteiger partial charge in [0, 0.05) is 20.2 Å². The molecule has 1 fully saturated rings. The number of rotatable bonds is 5. The average Bonchev–Trinajstić information content (AvgIpc) is 2.91. The molecule has 0 saturated carbocycles. The number of ether oxygens (including phenoxy) is 2. The van der Waals surface area contributed by atoms with Crippen LogP contribution in [0.25, 0.3) is 0 Å².